The summed E-state index contributed by atoms with van der Waals surface area (Å²) in [6.07, 6.45) is 7.23. The molecule has 2 saturated heterocycles. The third-order valence-electron chi connectivity index (χ3n) is 7.74. The minimum Gasteiger partial charge on any atom is -0.508 e. The number of benzene rings is 2. The Morgan fingerprint density at radius 2 is 1.98 bits per heavy atom. The number of aromatic amines is 1. The highest BCUT2D eigenvalue weighted by molar-refractivity contribution is 6.02. The summed E-state index contributed by atoms with van der Waals surface area (Å²) in [6.45, 7) is 2.33. The van der Waals surface area contributed by atoms with Crippen molar-refractivity contribution < 1.29 is 28.2 Å². The van der Waals surface area contributed by atoms with Crippen LogP contribution in [0.15, 0.2) is 35.3 Å². The van der Waals surface area contributed by atoms with E-state index in [1.54, 1.807) is 11.8 Å². The zero-order valence-electron chi connectivity index (χ0n) is 22.1. The minimum absolute atomic E-state index is 0.0709. The number of carbonyl (C=O) groups excluding carboxylic acids is 1. The zero-order chi connectivity index (χ0) is 29.0. The van der Waals surface area contributed by atoms with Crippen LogP contribution in [-0.2, 0) is 9.47 Å². The van der Waals surface area contributed by atoms with Gasteiger partial charge in [-0.15, -0.1) is 6.42 Å². The normalized spacial score (nSPS) is 19.0. The molecule has 3 atom stereocenters. The van der Waals surface area contributed by atoms with Crippen molar-refractivity contribution in [2.24, 2.45) is 0 Å². The van der Waals surface area contributed by atoms with Crippen molar-refractivity contribution in [2.75, 3.05) is 25.1 Å². The molecule has 41 heavy (non-hydrogen) atoms. The van der Waals surface area contributed by atoms with Crippen LogP contribution in [0.2, 0.25) is 0 Å². The van der Waals surface area contributed by atoms with E-state index in [4.69, 9.17) is 15.9 Å². The number of ether oxygens (including phenoxy) is 2. The number of fused-ring (bicyclic) bond motifs is 4. The van der Waals surface area contributed by atoms with Gasteiger partial charge in [-0.1, -0.05) is 12.0 Å². The summed E-state index contributed by atoms with van der Waals surface area (Å²) < 4.78 is 41.2. The molecule has 2 aliphatic heterocycles. The molecular formula is C29H25F2N5O5. The van der Waals surface area contributed by atoms with E-state index in [2.05, 4.69) is 20.9 Å². The average Bonchev–Trinajstić information content (AvgIpc) is 3.22. The Balaban J connectivity index is 1.43. The maximum Gasteiger partial charge on any atom is 0.412 e. The first kappa shape index (κ1) is 26.5. The lowest BCUT2D eigenvalue weighted by Crippen LogP contribution is -2.56. The molecule has 2 bridgehead atoms. The minimum atomic E-state index is -0.888. The number of piperazine rings is 1. The summed E-state index contributed by atoms with van der Waals surface area (Å²) in [5, 5.41) is 11.2. The Morgan fingerprint density at radius 3 is 2.66 bits per heavy atom. The van der Waals surface area contributed by atoms with Crippen molar-refractivity contribution in [1.82, 2.24) is 19.9 Å². The number of rotatable bonds is 4. The number of hydrogen-bond acceptors (Lipinski definition) is 8. The molecular weight excluding hydrogens is 536 g/mol. The summed E-state index contributed by atoms with van der Waals surface area (Å²) in [7, 11) is 1.45. The van der Waals surface area contributed by atoms with Gasteiger partial charge in [-0.3, -0.25) is 9.88 Å². The fraction of sp³-hybridized carbons (Fsp3) is 0.310. The van der Waals surface area contributed by atoms with E-state index in [1.807, 2.05) is 4.90 Å². The molecule has 12 heteroatoms. The Kier molecular flexibility index (Phi) is 6.46. The molecule has 210 valence electrons. The number of amides is 1. The monoisotopic (exact) mass is 561 g/mol. The lowest BCUT2D eigenvalue weighted by atomic mass is 9.96. The molecule has 2 fully saturated rings. The lowest BCUT2D eigenvalue weighted by Gasteiger charge is -2.41. The van der Waals surface area contributed by atoms with Crippen molar-refractivity contribution in [3.8, 4) is 29.4 Å². The number of anilines is 1. The number of phenols is 1. The maximum atomic E-state index is 16.2. The molecule has 1 amide bonds. The van der Waals surface area contributed by atoms with Crippen molar-refractivity contribution in [1.29, 1.82) is 0 Å². The largest absolute Gasteiger partial charge is 0.508 e. The highest BCUT2D eigenvalue weighted by Crippen LogP contribution is 2.39. The number of hydrogen-bond donors (Lipinski definition) is 2. The number of nitrogens with zero attached hydrogens (tertiary/aromatic N) is 4. The molecule has 0 radical (unpaired) electrons. The second-order valence-electron chi connectivity index (χ2n) is 10.1. The number of terminal acetylenes is 1. The highest BCUT2D eigenvalue weighted by atomic mass is 19.1. The number of carbonyl (C=O) groups is 1. The first-order chi connectivity index (χ1) is 19.7. The smallest absolute Gasteiger partial charge is 0.412 e. The van der Waals surface area contributed by atoms with Crippen LogP contribution in [0.1, 0.15) is 25.3 Å². The van der Waals surface area contributed by atoms with Gasteiger partial charge in [-0.05, 0) is 43.4 Å². The van der Waals surface area contributed by atoms with Gasteiger partial charge in [0, 0.05) is 37.3 Å². The van der Waals surface area contributed by atoms with E-state index in [0.717, 1.165) is 12.8 Å². The first-order valence-electron chi connectivity index (χ1n) is 13.0. The predicted molar refractivity (Wildman–Crippen MR) is 146 cm³/mol. The van der Waals surface area contributed by atoms with Gasteiger partial charge < -0.3 is 24.5 Å². The second kappa shape index (κ2) is 10.0. The number of halogens is 2. The molecule has 0 aliphatic carbocycles. The number of phenolic OH excluding ortho intramolecular Hbond substituents is 1. The molecule has 2 aliphatic rings. The summed E-state index contributed by atoms with van der Waals surface area (Å²) in [4.78, 5) is 39.9. The lowest BCUT2D eigenvalue weighted by molar-refractivity contribution is -0.0818. The SMILES string of the molecule is C#Cc1c(F)ccc2cc(O)cc(-c3ncc4c(N5CC6CCC(C5)N6C(=O)OC(C)OC)nc(=O)[nH]c4c3F)c12. The molecule has 2 N–H and O–H groups in total. The fourth-order valence-corrected chi connectivity index (χ4v) is 5.88. The highest BCUT2D eigenvalue weighted by Gasteiger charge is 2.44. The van der Waals surface area contributed by atoms with Gasteiger partial charge in [0.1, 0.15) is 23.1 Å². The van der Waals surface area contributed by atoms with E-state index in [-0.39, 0.29) is 56.8 Å². The van der Waals surface area contributed by atoms with Crippen LogP contribution in [0.25, 0.3) is 32.9 Å². The summed E-state index contributed by atoms with van der Waals surface area (Å²) in [5.74, 6) is 0.768. The number of nitrogens with one attached hydrogen (secondary N) is 1. The Hall–Kier alpha value is -4.76. The van der Waals surface area contributed by atoms with Crippen LogP contribution in [-0.4, -0.2) is 69.6 Å². The molecule has 2 aromatic heterocycles. The number of aromatic hydroxyl groups is 1. The summed E-state index contributed by atoms with van der Waals surface area (Å²) in [6, 6.07) is 4.84. The van der Waals surface area contributed by atoms with Gasteiger partial charge in [-0.2, -0.15) is 4.98 Å². The standard InChI is InChI=1S/C29H25F2N5O5/c1-4-19-22(30)8-5-15-9-18(37)10-20(23(15)19)25-24(31)26-21(11-32-25)27(34-28(38)33-26)35-12-16-6-7-17(13-35)36(16)29(39)41-14(2)40-3/h1,5,8-11,14,16-17,37H,6-7,12-13H2,2-3H3,(H,33,34,38). The molecule has 4 aromatic rings. The Morgan fingerprint density at radius 1 is 1.24 bits per heavy atom. The predicted octanol–water partition coefficient (Wildman–Crippen LogP) is 3.89. The van der Waals surface area contributed by atoms with Crippen LogP contribution >= 0.6 is 0 Å². The van der Waals surface area contributed by atoms with E-state index in [0.29, 0.717) is 18.5 Å². The molecule has 10 nitrogen and oxygen atoms in total. The van der Waals surface area contributed by atoms with Crippen LogP contribution < -0.4 is 10.6 Å². The van der Waals surface area contributed by atoms with E-state index in [9.17, 15) is 19.1 Å². The molecule has 6 rings (SSSR count). The summed E-state index contributed by atoms with van der Waals surface area (Å²) in [5.41, 5.74) is -1.18. The average molecular weight is 562 g/mol. The third kappa shape index (κ3) is 4.38. The number of methoxy groups -OCH3 is 1. The maximum absolute atomic E-state index is 16.2. The number of aromatic nitrogens is 3. The van der Waals surface area contributed by atoms with Crippen LogP contribution in [0, 0.1) is 24.0 Å². The second-order valence-corrected chi connectivity index (χ2v) is 10.1. The van der Waals surface area contributed by atoms with Gasteiger partial charge in [0.15, 0.2) is 5.82 Å². The summed E-state index contributed by atoms with van der Waals surface area (Å²) >= 11 is 0. The van der Waals surface area contributed by atoms with Gasteiger partial charge in [-0.25, -0.2) is 18.4 Å². The van der Waals surface area contributed by atoms with E-state index in [1.165, 1.54) is 37.6 Å². The third-order valence-corrected chi connectivity index (χ3v) is 7.74. The number of H-pyrrole nitrogens is 1. The fourth-order valence-electron chi connectivity index (χ4n) is 5.88. The number of pyridine rings is 1. The molecule has 4 heterocycles. The van der Waals surface area contributed by atoms with Crippen molar-refractivity contribution in [2.45, 2.75) is 38.1 Å². The Labute approximate surface area is 232 Å². The van der Waals surface area contributed by atoms with Gasteiger partial charge in [0.05, 0.1) is 28.6 Å². The van der Waals surface area contributed by atoms with Gasteiger partial charge >= 0.3 is 11.8 Å². The first-order valence-corrected chi connectivity index (χ1v) is 13.0. The van der Waals surface area contributed by atoms with E-state index >= 15 is 4.39 Å². The van der Waals surface area contributed by atoms with Crippen LogP contribution in [0.3, 0.4) is 0 Å². The van der Waals surface area contributed by atoms with Crippen molar-refractivity contribution in [3.63, 3.8) is 0 Å². The van der Waals surface area contributed by atoms with Crippen LogP contribution in [0.5, 0.6) is 5.75 Å². The van der Waals surface area contributed by atoms with Crippen molar-refractivity contribution in [3.05, 3.63) is 58.1 Å². The molecule has 2 aromatic carbocycles. The van der Waals surface area contributed by atoms with E-state index < -0.39 is 29.7 Å². The molecule has 3 unspecified atom stereocenters. The van der Waals surface area contributed by atoms with Gasteiger partial charge in [0.25, 0.3) is 0 Å². The quantitative estimate of drug-likeness (QED) is 0.285. The van der Waals surface area contributed by atoms with Gasteiger partial charge in [0.2, 0.25) is 6.29 Å². The Bertz CT molecular complexity index is 1810. The molecule has 0 spiro atoms. The molecule has 0 saturated carbocycles. The van der Waals surface area contributed by atoms with Crippen LogP contribution in [0.4, 0.5) is 19.4 Å². The topological polar surface area (TPSA) is 121 Å². The zero-order valence-corrected chi connectivity index (χ0v) is 22.1. The van der Waals surface area contributed by atoms with Crippen molar-refractivity contribution >= 4 is 33.6 Å².